The molecule has 0 saturated carbocycles. The number of carbonyl (C=O) groups is 4. The van der Waals surface area contributed by atoms with Gasteiger partial charge < -0.3 is 14.2 Å². The number of esters is 1. The molecule has 9 heteroatoms. The number of hydrogen-bond donors (Lipinski definition) is 0. The maximum absolute atomic E-state index is 12.4. The summed E-state index contributed by atoms with van der Waals surface area (Å²) >= 11 is 0. The molecule has 30 heavy (non-hydrogen) atoms. The molecular formula is C21H27NO8. The molecule has 0 aromatic heterocycles. The molecule has 1 fully saturated rings. The van der Waals surface area contributed by atoms with Crippen molar-refractivity contribution in [3.05, 3.63) is 29.8 Å². The monoisotopic (exact) mass is 421 g/mol. The third-order valence-corrected chi connectivity index (χ3v) is 4.43. The van der Waals surface area contributed by atoms with Crippen molar-refractivity contribution in [3.63, 3.8) is 0 Å². The maximum Gasteiger partial charge on any atom is 0.534 e. The SMILES string of the molecule is CCCOCCC(C)(C)C(=O)Oc1ccc(COC(=O)ON2C(=O)CCC2=O)cc1. The Labute approximate surface area is 175 Å². The van der Waals surface area contributed by atoms with Crippen LogP contribution in [0.15, 0.2) is 24.3 Å². The molecule has 0 unspecified atom stereocenters. The Balaban J connectivity index is 1.78. The number of imide groups is 1. The van der Waals surface area contributed by atoms with Crippen LogP contribution in [0.1, 0.15) is 52.0 Å². The van der Waals surface area contributed by atoms with E-state index in [1.54, 1.807) is 38.1 Å². The molecule has 164 valence electrons. The van der Waals surface area contributed by atoms with Crippen LogP contribution in [0.3, 0.4) is 0 Å². The van der Waals surface area contributed by atoms with Gasteiger partial charge in [-0.2, -0.15) is 0 Å². The van der Waals surface area contributed by atoms with Crippen LogP contribution >= 0.6 is 0 Å². The van der Waals surface area contributed by atoms with E-state index in [-0.39, 0.29) is 25.4 Å². The second kappa shape index (κ2) is 10.7. The zero-order valence-electron chi connectivity index (χ0n) is 17.5. The molecule has 0 atom stereocenters. The van der Waals surface area contributed by atoms with Crippen molar-refractivity contribution in [2.45, 2.75) is 53.1 Å². The van der Waals surface area contributed by atoms with Crippen LogP contribution in [0.4, 0.5) is 4.79 Å². The lowest BCUT2D eigenvalue weighted by Crippen LogP contribution is -2.32. The van der Waals surface area contributed by atoms with Crippen LogP contribution in [0.5, 0.6) is 5.75 Å². The molecule has 1 aliphatic heterocycles. The van der Waals surface area contributed by atoms with Gasteiger partial charge in [-0.1, -0.05) is 24.1 Å². The van der Waals surface area contributed by atoms with E-state index in [2.05, 4.69) is 4.84 Å². The molecule has 0 radical (unpaired) electrons. The second-order valence-electron chi connectivity index (χ2n) is 7.49. The summed E-state index contributed by atoms with van der Waals surface area (Å²) in [7, 11) is 0. The highest BCUT2D eigenvalue weighted by Gasteiger charge is 2.33. The van der Waals surface area contributed by atoms with E-state index in [9.17, 15) is 19.2 Å². The van der Waals surface area contributed by atoms with Crippen molar-refractivity contribution in [2.24, 2.45) is 5.41 Å². The lowest BCUT2D eigenvalue weighted by Gasteiger charge is -2.22. The van der Waals surface area contributed by atoms with Crippen molar-refractivity contribution in [1.29, 1.82) is 0 Å². The first-order chi connectivity index (χ1) is 14.2. The fourth-order valence-electron chi connectivity index (χ4n) is 2.48. The number of rotatable bonds is 10. The first-order valence-electron chi connectivity index (χ1n) is 9.82. The van der Waals surface area contributed by atoms with Gasteiger partial charge in [0.1, 0.15) is 12.4 Å². The van der Waals surface area contributed by atoms with Crippen LogP contribution in [0.2, 0.25) is 0 Å². The fraction of sp³-hybridized carbons (Fsp3) is 0.524. The summed E-state index contributed by atoms with van der Waals surface area (Å²) in [6.45, 7) is 6.63. The Morgan fingerprint density at radius 1 is 1.03 bits per heavy atom. The maximum atomic E-state index is 12.4. The molecule has 1 heterocycles. The highest BCUT2D eigenvalue weighted by molar-refractivity contribution is 6.01. The van der Waals surface area contributed by atoms with Crippen LogP contribution in [0, 0.1) is 5.41 Å². The molecule has 2 rings (SSSR count). The van der Waals surface area contributed by atoms with Crippen molar-refractivity contribution >= 4 is 23.9 Å². The Kier molecular flexibility index (Phi) is 8.35. The third kappa shape index (κ3) is 6.84. The number of amides is 2. The number of hydrogen-bond acceptors (Lipinski definition) is 8. The number of nitrogens with zero attached hydrogens (tertiary/aromatic N) is 1. The van der Waals surface area contributed by atoms with Gasteiger partial charge in [0.2, 0.25) is 0 Å². The minimum Gasteiger partial charge on any atom is -0.428 e. The standard InChI is InChI=1S/C21H27NO8/c1-4-12-27-13-11-21(2,3)19(25)29-16-7-5-15(6-8-16)14-28-20(26)30-22-17(23)9-10-18(22)24/h5-8H,4,9-14H2,1-3H3. The summed E-state index contributed by atoms with van der Waals surface area (Å²) in [6.07, 6.45) is 0.333. The molecule has 0 aliphatic carbocycles. The first-order valence-corrected chi connectivity index (χ1v) is 9.82. The minimum absolute atomic E-state index is 0.00880. The lowest BCUT2D eigenvalue weighted by molar-refractivity contribution is -0.177. The van der Waals surface area contributed by atoms with Crippen LogP contribution in [-0.4, -0.2) is 42.2 Å². The average molecular weight is 421 g/mol. The van der Waals surface area contributed by atoms with Crippen molar-refractivity contribution in [1.82, 2.24) is 5.06 Å². The summed E-state index contributed by atoms with van der Waals surface area (Å²) in [5, 5.41) is 0.417. The molecule has 0 spiro atoms. The van der Waals surface area contributed by atoms with Gasteiger partial charge in [-0.25, -0.2) is 4.79 Å². The van der Waals surface area contributed by atoms with Gasteiger partial charge in [-0.05, 0) is 44.4 Å². The molecule has 1 saturated heterocycles. The number of benzene rings is 1. The largest absolute Gasteiger partial charge is 0.534 e. The van der Waals surface area contributed by atoms with E-state index in [4.69, 9.17) is 14.2 Å². The smallest absolute Gasteiger partial charge is 0.428 e. The Bertz CT molecular complexity index is 756. The quantitative estimate of drug-likeness (QED) is 0.245. The third-order valence-electron chi connectivity index (χ3n) is 4.43. The zero-order chi connectivity index (χ0) is 22.1. The van der Waals surface area contributed by atoms with Crippen molar-refractivity contribution in [3.8, 4) is 5.75 Å². The Morgan fingerprint density at radius 2 is 1.67 bits per heavy atom. The van der Waals surface area contributed by atoms with E-state index in [0.29, 0.717) is 36.0 Å². The fourth-order valence-corrected chi connectivity index (χ4v) is 2.48. The van der Waals surface area contributed by atoms with Crippen molar-refractivity contribution < 1.29 is 38.2 Å². The molecular weight excluding hydrogens is 394 g/mol. The number of carbonyl (C=O) groups excluding carboxylic acids is 4. The Hall–Kier alpha value is -2.94. The molecule has 1 aliphatic rings. The van der Waals surface area contributed by atoms with E-state index in [0.717, 1.165) is 6.42 Å². The minimum atomic E-state index is -1.15. The van der Waals surface area contributed by atoms with Gasteiger partial charge in [-0.3, -0.25) is 19.2 Å². The first kappa shape index (κ1) is 23.3. The molecule has 1 aromatic rings. The summed E-state index contributed by atoms with van der Waals surface area (Å²) < 4.78 is 15.8. The van der Waals surface area contributed by atoms with Crippen LogP contribution < -0.4 is 4.74 Å². The van der Waals surface area contributed by atoms with Gasteiger partial charge in [-0.15, -0.1) is 0 Å². The molecule has 0 N–H and O–H groups in total. The number of ether oxygens (including phenoxy) is 3. The summed E-state index contributed by atoms with van der Waals surface area (Å²) in [6, 6.07) is 6.41. The van der Waals surface area contributed by atoms with E-state index in [1.807, 2.05) is 6.92 Å². The molecule has 0 bridgehead atoms. The Morgan fingerprint density at radius 3 is 2.27 bits per heavy atom. The van der Waals surface area contributed by atoms with Gasteiger partial charge in [0, 0.05) is 26.1 Å². The lowest BCUT2D eigenvalue weighted by atomic mass is 9.90. The summed E-state index contributed by atoms with van der Waals surface area (Å²) in [5.74, 6) is -1.16. The molecule has 2 amide bonds. The second-order valence-corrected chi connectivity index (χ2v) is 7.49. The van der Waals surface area contributed by atoms with E-state index >= 15 is 0 Å². The predicted octanol–water partition coefficient (Wildman–Crippen LogP) is 3.15. The normalized spacial score (nSPS) is 14.0. The van der Waals surface area contributed by atoms with Crippen LogP contribution in [-0.2, 0) is 35.3 Å². The van der Waals surface area contributed by atoms with Gasteiger partial charge in [0.15, 0.2) is 0 Å². The zero-order valence-corrected chi connectivity index (χ0v) is 17.5. The highest BCUT2D eigenvalue weighted by atomic mass is 16.8. The molecule has 1 aromatic carbocycles. The van der Waals surface area contributed by atoms with E-state index < -0.39 is 23.4 Å². The van der Waals surface area contributed by atoms with Gasteiger partial charge in [0.05, 0.1) is 5.41 Å². The predicted molar refractivity (Wildman–Crippen MR) is 104 cm³/mol. The van der Waals surface area contributed by atoms with Crippen molar-refractivity contribution in [2.75, 3.05) is 13.2 Å². The van der Waals surface area contributed by atoms with Crippen LogP contribution in [0.25, 0.3) is 0 Å². The highest BCUT2D eigenvalue weighted by Crippen LogP contribution is 2.24. The topological polar surface area (TPSA) is 108 Å². The van der Waals surface area contributed by atoms with Gasteiger partial charge in [0.25, 0.3) is 11.8 Å². The van der Waals surface area contributed by atoms with Gasteiger partial charge >= 0.3 is 12.1 Å². The number of hydroxylamine groups is 2. The molecule has 9 nitrogen and oxygen atoms in total. The van der Waals surface area contributed by atoms with E-state index in [1.165, 1.54) is 0 Å². The summed E-state index contributed by atoms with van der Waals surface area (Å²) in [5.41, 5.74) is -0.0814. The average Bonchev–Trinajstić information content (AvgIpc) is 3.02. The summed E-state index contributed by atoms with van der Waals surface area (Å²) in [4.78, 5) is 51.5.